The van der Waals surface area contributed by atoms with E-state index in [4.69, 9.17) is 104 Å². The van der Waals surface area contributed by atoms with Gasteiger partial charge in [0, 0.05) is 102 Å². The standard InChI is InChI=1S/C92H158O23.H2S.H2/c1-47-70-80(28)82(30)81(29,83(80,31)89(70,73(13,14)15)52(6)79(27,75(47,19)20)92-88(36,99-42)114-86(34)78(25,26)113-87(35,115-92)84(86,32)91(92,74(16,17)18)76(21,22)72(10,11)12)77(23,24)85(82,33)111-63-45-58(96-39)66(50(4)102-63)108-61-43-56(94-37)64(48(2)100-61)107-60-44-57(95-38)65(49(3)101-60)109-62-46-59(97-40)90(53(7)104-62)110-55(9)106-69-68(98-41)67(105-54(8)93)51(5)103-71(69)112-90;;/h48-69,71,93H,43-46H2,1-42H3;1H2;1H/i;;1+2. The Morgan fingerprint density at radius 1 is 0.500 bits per heavy atom. The lowest BCUT2D eigenvalue weighted by Crippen LogP contribution is -3.05. The molecule has 13 rings (SSSR count). The van der Waals surface area contributed by atoms with Crippen LogP contribution in [0.2, 0.25) is 0 Å². The molecule has 0 amide bonds. The lowest BCUT2D eigenvalue weighted by atomic mass is 8.98. The van der Waals surface area contributed by atoms with Gasteiger partial charge in [0.25, 0.3) is 0 Å². The molecule has 4 aliphatic carbocycles. The Morgan fingerprint density at radius 2 is 0.974 bits per heavy atom. The highest BCUT2D eigenvalue weighted by atomic mass is 32.1. The van der Waals surface area contributed by atoms with Crippen molar-refractivity contribution in [1.29, 1.82) is 0 Å². The van der Waals surface area contributed by atoms with E-state index in [0.717, 1.165) is 0 Å². The molecule has 9 aliphatic heterocycles. The van der Waals surface area contributed by atoms with Crippen LogP contribution >= 0.6 is 13.5 Å². The van der Waals surface area contributed by atoms with Crippen LogP contribution in [0.4, 0.5) is 0 Å². The largest absolute Gasteiger partial charge is 0.378 e. The maximum Gasteiger partial charge on any atom is 0.226 e. The van der Waals surface area contributed by atoms with Crippen LogP contribution in [0.5, 0.6) is 0 Å². The van der Waals surface area contributed by atoms with Gasteiger partial charge in [0.1, 0.15) is 60.0 Å². The average Bonchev–Trinajstić information content (AvgIpc) is 1.43. The lowest BCUT2D eigenvalue weighted by Gasteiger charge is -3.06. The molecule has 1 spiro atoms. The van der Waals surface area contributed by atoms with E-state index in [1.54, 1.807) is 48.0 Å². The molecule has 1 N–H and O–H groups in total. The predicted octanol–water partition coefficient (Wildman–Crippen LogP) is 16.5. The fourth-order valence-electron chi connectivity index (χ4n) is 31.8. The van der Waals surface area contributed by atoms with Crippen molar-refractivity contribution in [1.82, 2.24) is 0 Å². The molecule has 24 heteroatoms. The minimum atomic E-state index is -1.48. The molecule has 37 atom stereocenters. The van der Waals surface area contributed by atoms with Crippen LogP contribution in [0.3, 0.4) is 0 Å². The van der Waals surface area contributed by atoms with Gasteiger partial charge in [0.15, 0.2) is 55.6 Å². The smallest absolute Gasteiger partial charge is 0.226 e. The average molecular weight is 1670 g/mol. The summed E-state index contributed by atoms with van der Waals surface area (Å²) in [6, 6.07) is 0. The zero-order valence-electron chi connectivity index (χ0n) is 79.5. The van der Waals surface area contributed by atoms with Crippen molar-refractivity contribution < 1.29 is 111 Å². The van der Waals surface area contributed by atoms with E-state index in [0.29, 0.717) is 19.3 Å². The van der Waals surface area contributed by atoms with E-state index in [2.05, 4.69) is 208 Å². The first-order valence-corrected chi connectivity index (χ1v) is 43.7. The fraction of sp³-hybridized carbons (Fsp3) is 0.978. The highest BCUT2D eigenvalue weighted by Gasteiger charge is 3.09. The number of fused-ring (bicyclic) bond motifs is 9. The third-order valence-electron chi connectivity index (χ3n) is 38.1. The van der Waals surface area contributed by atoms with Crippen molar-refractivity contribution in [3.63, 3.8) is 0 Å². The molecule has 2 bridgehead atoms. The summed E-state index contributed by atoms with van der Waals surface area (Å²) in [5.74, 6) is -3.98. The number of rotatable bonds is 18. The van der Waals surface area contributed by atoms with Crippen LogP contribution in [0.1, 0.15) is 276 Å². The molecule has 9 saturated heterocycles. The molecule has 0 radical (unpaired) electrons. The monoisotopic (exact) mass is 1670 g/mol. The molecule has 3 saturated carbocycles. The van der Waals surface area contributed by atoms with Crippen LogP contribution in [-0.2, 0) is 104 Å². The summed E-state index contributed by atoms with van der Waals surface area (Å²) < 4.78 is 152. The zero-order valence-corrected chi connectivity index (χ0v) is 80.5. The molecule has 9 heterocycles. The van der Waals surface area contributed by atoms with Gasteiger partial charge in [0.05, 0.1) is 59.3 Å². The van der Waals surface area contributed by atoms with Gasteiger partial charge in [-0.05, 0) is 141 Å². The van der Waals surface area contributed by atoms with Gasteiger partial charge in [-0.3, -0.25) is 0 Å². The normalized spacial score (nSPS) is 54.2. The molecular formula is C92H162O23S. The van der Waals surface area contributed by atoms with Crippen molar-refractivity contribution >= 4 is 13.5 Å². The Bertz CT molecular complexity index is 3690. The second-order valence-electron chi connectivity index (χ2n) is 44.6. The quantitative estimate of drug-likeness (QED) is 0.0995. The van der Waals surface area contributed by atoms with E-state index in [1.165, 1.54) is 12.5 Å². The minimum absolute atomic E-state index is 0. The number of allylic oxidation sites excluding steroid dienone is 2. The Balaban J connectivity index is 0.00000672. The summed E-state index contributed by atoms with van der Waals surface area (Å²) in [5, 5.41) is 10.2. The van der Waals surface area contributed by atoms with Crippen molar-refractivity contribution in [2.75, 3.05) is 42.7 Å². The molecule has 13 aliphatic rings. The molecule has 0 aromatic rings. The predicted molar refractivity (Wildman–Crippen MR) is 444 cm³/mol. The molecule has 12 fully saturated rings. The van der Waals surface area contributed by atoms with Gasteiger partial charge in [-0.2, -0.15) is 13.5 Å². The van der Waals surface area contributed by atoms with Crippen LogP contribution in [0.25, 0.3) is 0 Å². The number of ether oxygens (including phenoxy) is 22. The van der Waals surface area contributed by atoms with Gasteiger partial charge in [0.2, 0.25) is 5.79 Å². The topological polar surface area (TPSA) is 223 Å². The van der Waals surface area contributed by atoms with Crippen molar-refractivity contribution in [2.24, 2.45) is 81.7 Å². The van der Waals surface area contributed by atoms with Gasteiger partial charge in [-0.15, -0.1) is 0 Å². The van der Waals surface area contributed by atoms with Crippen molar-refractivity contribution in [3.05, 3.63) is 11.1 Å². The Labute approximate surface area is 706 Å². The maximum absolute atomic E-state index is 10.2. The van der Waals surface area contributed by atoms with E-state index < -0.39 is 224 Å². The summed E-state index contributed by atoms with van der Waals surface area (Å²) in [6.45, 7) is 85.2. The van der Waals surface area contributed by atoms with Crippen LogP contribution < -0.4 is 0 Å². The number of hydrogen-bond acceptors (Lipinski definition) is 23. The van der Waals surface area contributed by atoms with Crippen LogP contribution in [-0.4, -0.2) is 223 Å². The van der Waals surface area contributed by atoms with Gasteiger partial charge >= 0.3 is 0 Å². The lowest BCUT2D eigenvalue weighted by molar-refractivity contribution is -0.584. The number of aliphatic hydroxyl groups excluding tert-OH is 1. The second kappa shape index (κ2) is 28.6. The first kappa shape index (κ1) is 94.3. The first-order valence-electron chi connectivity index (χ1n) is 43.7. The number of aliphatic hydroxyl groups is 1. The molecule has 23 nitrogen and oxygen atoms in total. The summed E-state index contributed by atoms with van der Waals surface area (Å²) in [5.41, 5.74) is -7.17. The molecule has 0 aromatic heterocycles. The Morgan fingerprint density at radius 3 is 1.41 bits per heavy atom. The van der Waals surface area contributed by atoms with E-state index in [1.807, 2.05) is 34.8 Å². The summed E-state index contributed by atoms with van der Waals surface area (Å²) in [7, 11) is 10.2. The highest BCUT2D eigenvalue weighted by Crippen LogP contribution is 3.09. The molecule has 0 aromatic carbocycles. The maximum atomic E-state index is 10.2. The Hall–Kier alpha value is -0.830. The second-order valence-corrected chi connectivity index (χ2v) is 44.6. The SMILES string of the molecule is COC1CC(OC2C(C)OC(OC3(C)C(C)(C)C4(C)C3(C)C3(C)C5=C(C)C(C)(C)C(C)(C67OC8(C)OC(C)(C)C(C)(OC6(C)OC)C8(C)C7(C(C)(C)C)C(C)(C)C(C)(C)C)C(C)C5(C(C)(C)C)C34C)CC2OC)OC(C)C1OC1CC(OC)C(OC2CC(OC)C3(OC(C)OC4C(OC(C)C(OC(C)O)C4OC)O3)C(C)O2)C(C)O1.S.[3HH]. The molecule has 674 valence electrons. The highest BCUT2D eigenvalue weighted by molar-refractivity contribution is 7.59. The van der Waals surface area contributed by atoms with Crippen molar-refractivity contribution in [2.45, 2.75) is 450 Å². The fourth-order valence-corrected chi connectivity index (χ4v) is 31.8. The first-order chi connectivity index (χ1) is 52.4. The van der Waals surface area contributed by atoms with Crippen LogP contribution in [0.15, 0.2) is 11.1 Å². The van der Waals surface area contributed by atoms with E-state index >= 15 is 0 Å². The summed E-state index contributed by atoms with van der Waals surface area (Å²) >= 11 is 0. The number of methoxy groups -OCH3 is 6. The van der Waals surface area contributed by atoms with Crippen molar-refractivity contribution in [3.8, 4) is 0 Å². The molecule has 37 unspecified atom stereocenters. The Kier molecular flexibility index (Phi) is 23.2. The third-order valence-corrected chi connectivity index (χ3v) is 38.1. The van der Waals surface area contributed by atoms with E-state index in [9.17, 15) is 5.11 Å². The zero-order chi connectivity index (χ0) is 86.3. The van der Waals surface area contributed by atoms with Gasteiger partial charge < -0.3 is 109 Å². The van der Waals surface area contributed by atoms with E-state index in [-0.39, 0.29) is 54.3 Å². The summed E-state index contributed by atoms with van der Waals surface area (Å²) in [4.78, 5) is 0. The van der Waals surface area contributed by atoms with Gasteiger partial charge in [-0.1, -0.05) is 163 Å². The molecular weight excluding hydrogens is 1510 g/mol. The summed E-state index contributed by atoms with van der Waals surface area (Å²) in [6.07, 6.45) is -12.8. The number of hydrogen-bond donors (Lipinski definition) is 1. The molecule has 116 heavy (non-hydrogen) atoms. The van der Waals surface area contributed by atoms with Crippen LogP contribution in [0, 0.1) is 81.7 Å². The minimum Gasteiger partial charge on any atom is -0.378 e. The van der Waals surface area contributed by atoms with Gasteiger partial charge in [-0.25, -0.2) is 0 Å². The third kappa shape index (κ3) is 10.6.